The van der Waals surface area contributed by atoms with E-state index in [0.29, 0.717) is 73.0 Å². The van der Waals surface area contributed by atoms with Crippen LogP contribution in [0.15, 0.2) is 47.3 Å². The molecule has 0 spiro atoms. The van der Waals surface area contributed by atoms with Gasteiger partial charge in [-0.15, -0.1) is 0 Å². The maximum absolute atomic E-state index is 15.0. The van der Waals surface area contributed by atoms with Gasteiger partial charge in [0.1, 0.15) is 5.82 Å². The number of carbonyl (C=O) groups excluding carboxylic acids is 3. The number of H-pyrrole nitrogens is 1. The third-order valence-electron chi connectivity index (χ3n) is 12.8. The quantitative estimate of drug-likeness (QED) is 0.340. The fourth-order valence-electron chi connectivity index (χ4n) is 9.65. The second-order valence-electron chi connectivity index (χ2n) is 16.2. The van der Waals surface area contributed by atoms with Gasteiger partial charge in [0.15, 0.2) is 0 Å². The third kappa shape index (κ3) is 7.67. The Morgan fingerprint density at radius 3 is 2.35 bits per heavy atom. The monoisotopic (exact) mass is 741 g/mol. The summed E-state index contributed by atoms with van der Waals surface area (Å²) < 4.78 is 21.6. The first-order valence-electron chi connectivity index (χ1n) is 20.0. The Balaban J connectivity index is 0.770. The second-order valence-corrected chi connectivity index (χ2v) is 16.2. The topological polar surface area (TPSA) is 145 Å². The Kier molecular flexibility index (Phi) is 10.8. The lowest BCUT2D eigenvalue weighted by Gasteiger charge is -2.39. The van der Waals surface area contributed by atoms with Crippen molar-refractivity contribution in [3.05, 3.63) is 75.5 Å². The molecule has 12 nitrogen and oxygen atoms in total. The number of ether oxygens (including phenoxy) is 1. The van der Waals surface area contributed by atoms with E-state index in [2.05, 4.69) is 20.0 Å². The van der Waals surface area contributed by atoms with Crippen molar-refractivity contribution in [3.8, 4) is 0 Å². The van der Waals surface area contributed by atoms with Gasteiger partial charge in [0.05, 0.1) is 41.4 Å². The Morgan fingerprint density at radius 2 is 1.63 bits per heavy atom. The summed E-state index contributed by atoms with van der Waals surface area (Å²) in [6.07, 6.45) is 10.1. The van der Waals surface area contributed by atoms with Crippen LogP contribution in [-0.4, -0.2) is 124 Å². The molecule has 3 aliphatic heterocycles. The number of piperidine rings is 2. The molecule has 4 heterocycles. The number of carbonyl (C=O) groups is 3. The lowest BCUT2D eigenvalue weighted by Crippen LogP contribution is -2.53. The molecule has 3 amide bonds. The lowest BCUT2D eigenvalue weighted by atomic mass is 9.83. The summed E-state index contributed by atoms with van der Waals surface area (Å²) in [6.45, 7) is 4.12. The molecule has 3 saturated heterocycles. The average Bonchev–Trinajstić information content (AvgIpc) is 3.81. The van der Waals surface area contributed by atoms with E-state index in [1.165, 1.54) is 25.3 Å². The van der Waals surface area contributed by atoms with Gasteiger partial charge in [-0.2, -0.15) is 5.10 Å². The summed E-state index contributed by atoms with van der Waals surface area (Å²) >= 11 is 0. The number of nitrogens with two attached hydrogens (primary N) is 1. The number of piperazine rings is 1. The molecule has 0 radical (unpaired) electrons. The van der Waals surface area contributed by atoms with E-state index in [4.69, 9.17) is 10.5 Å². The molecule has 5 aliphatic rings. The molecule has 54 heavy (non-hydrogen) atoms. The molecule has 2 bridgehead atoms. The van der Waals surface area contributed by atoms with Crippen molar-refractivity contribution in [1.82, 2.24) is 29.8 Å². The van der Waals surface area contributed by atoms with Gasteiger partial charge in [-0.25, -0.2) is 9.49 Å². The van der Waals surface area contributed by atoms with E-state index in [0.717, 1.165) is 58.2 Å². The van der Waals surface area contributed by atoms with E-state index in [9.17, 15) is 23.6 Å². The summed E-state index contributed by atoms with van der Waals surface area (Å²) in [5, 5.41) is 7.99. The van der Waals surface area contributed by atoms with Gasteiger partial charge in [-0.05, 0) is 68.2 Å². The van der Waals surface area contributed by atoms with Gasteiger partial charge in [0.25, 0.3) is 11.5 Å². The highest BCUT2D eigenvalue weighted by Crippen LogP contribution is 2.41. The molecule has 0 unspecified atom stereocenters. The molecule has 1 aromatic heterocycles. The van der Waals surface area contributed by atoms with Crippen LogP contribution in [0.2, 0.25) is 0 Å². The van der Waals surface area contributed by atoms with Crippen molar-refractivity contribution in [2.24, 2.45) is 17.6 Å². The minimum atomic E-state index is -0.596. The molecular weight excluding hydrogens is 689 g/mol. The summed E-state index contributed by atoms with van der Waals surface area (Å²) in [5.41, 5.74) is 7.53. The van der Waals surface area contributed by atoms with E-state index < -0.39 is 11.7 Å². The number of halogens is 1. The van der Waals surface area contributed by atoms with E-state index in [1.807, 2.05) is 12.1 Å². The van der Waals surface area contributed by atoms with Crippen molar-refractivity contribution in [2.45, 2.75) is 88.5 Å². The maximum Gasteiger partial charge on any atom is 0.272 e. The van der Waals surface area contributed by atoms with E-state index >= 15 is 0 Å². The smallest absolute Gasteiger partial charge is 0.272 e. The summed E-state index contributed by atoms with van der Waals surface area (Å²) in [7, 11) is 0. The van der Waals surface area contributed by atoms with Gasteiger partial charge in [-0.3, -0.25) is 24.1 Å². The van der Waals surface area contributed by atoms with Crippen LogP contribution in [-0.2, 0) is 20.7 Å². The van der Waals surface area contributed by atoms with Crippen LogP contribution in [0, 0.1) is 17.7 Å². The predicted octanol–water partition coefficient (Wildman–Crippen LogP) is 3.32. The number of benzene rings is 2. The normalized spacial score (nSPS) is 24.7. The molecule has 5 fully saturated rings. The molecule has 8 rings (SSSR count). The van der Waals surface area contributed by atoms with Crippen molar-refractivity contribution in [1.29, 1.82) is 0 Å². The highest BCUT2D eigenvalue weighted by molar-refractivity contribution is 5.95. The molecule has 2 aromatic carbocycles. The fraction of sp³-hybridized carbons (Fsp3) is 0.585. The number of hydrogen-bond donors (Lipinski definition) is 2. The van der Waals surface area contributed by atoms with Gasteiger partial charge < -0.3 is 25.2 Å². The van der Waals surface area contributed by atoms with Crippen molar-refractivity contribution < 1.29 is 23.5 Å². The van der Waals surface area contributed by atoms with Crippen molar-refractivity contribution >= 4 is 28.5 Å². The number of aromatic amines is 1. The zero-order valence-corrected chi connectivity index (χ0v) is 31.0. The van der Waals surface area contributed by atoms with Crippen LogP contribution in [0.1, 0.15) is 79.4 Å². The summed E-state index contributed by atoms with van der Waals surface area (Å²) in [6, 6.07) is 11.5. The van der Waals surface area contributed by atoms with E-state index in [-0.39, 0.29) is 47.2 Å². The molecule has 3 aromatic rings. The minimum absolute atomic E-state index is 0.0128. The van der Waals surface area contributed by atoms with Gasteiger partial charge >= 0.3 is 0 Å². The molecule has 13 heteroatoms. The molecule has 288 valence electrons. The first-order chi connectivity index (χ1) is 26.2. The highest BCUT2D eigenvalue weighted by atomic mass is 19.1. The van der Waals surface area contributed by atoms with Crippen molar-refractivity contribution in [3.63, 3.8) is 0 Å². The Bertz CT molecular complexity index is 1920. The molecule has 2 saturated carbocycles. The molecular formula is C41H52FN7O5. The number of fused-ring (bicyclic) bond motifs is 3. The predicted molar refractivity (Wildman–Crippen MR) is 201 cm³/mol. The summed E-state index contributed by atoms with van der Waals surface area (Å²) in [4.78, 5) is 59.9. The molecule has 3 N–H and O–H groups in total. The minimum Gasteiger partial charge on any atom is -0.374 e. The zero-order chi connectivity index (χ0) is 37.3. The van der Waals surface area contributed by atoms with E-state index in [1.54, 1.807) is 34.1 Å². The Hall–Kier alpha value is -4.20. The standard InChI is InChI=1S/C41H52FN7O5/c42-34-11-10-26(21-35-31-8-4-5-9-32(31)39(51)45-44-35)20-33(34)40(52)48-18-16-47(17-19-48)37(50)25-46-14-12-30(13-15-46)54-36-23-29-22-28(36)24-49(29)41(53)38(43)27-6-2-1-3-7-27/h4-5,8-11,20,27-30,36,38H,1-3,6-7,12-19,21-25,43H2,(H,45,51)/t28-,29-,36-,38+/m0/s1. The second kappa shape index (κ2) is 15.9. The number of amides is 3. The molecule has 2 aliphatic carbocycles. The van der Waals surface area contributed by atoms with Gasteiger partial charge in [0.2, 0.25) is 11.8 Å². The zero-order valence-electron chi connectivity index (χ0n) is 31.0. The number of nitrogens with zero attached hydrogens (tertiary/aromatic N) is 5. The van der Waals surface area contributed by atoms with Crippen LogP contribution in [0.4, 0.5) is 4.39 Å². The van der Waals surface area contributed by atoms with Gasteiger partial charge in [-0.1, -0.05) is 43.5 Å². The van der Waals surface area contributed by atoms with Gasteiger partial charge in [0, 0.05) is 69.6 Å². The number of likely N-dealkylation sites (tertiary alicyclic amines) is 2. The number of hydrogen-bond acceptors (Lipinski definition) is 8. The third-order valence-corrected chi connectivity index (χ3v) is 12.8. The average molecular weight is 742 g/mol. The van der Waals surface area contributed by atoms with Crippen LogP contribution in [0.25, 0.3) is 10.8 Å². The van der Waals surface area contributed by atoms with Crippen LogP contribution >= 0.6 is 0 Å². The Labute approximate surface area is 315 Å². The maximum atomic E-state index is 15.0. The van der Waals surface area contributed by atoms with Crippen LogP contribution in [0.3, 0.4) is 0 Å². The number of rotatable bonds is 9. The number of aromatic nitrogens is 2. The number of nitrogens with one attached hydrogen (secondary N) is 1. The lowest BCUT2D eigenvalue weighted by molar-refractivity contribution is -0.139. The first kappa shape index (κ1) is 36.8. The largest absolute Gasteiger partial charge is 0.374 e. The SMILES string of the molecule is N[C@@H](C(=O)N1C[C@@H]2C[C@H]1C[C@@H]2OC1CCN(CC(=O)N2CCN(C(=O)c3cc(Cc4n[nH]c(=O)c5ccccc45)ccc3F)CC2)CC1)C1CCCCC1. The first-order valence-corrected chi connectivity index (χ1v) is 20.0. The Morgan fingerprint density at radius 1 is 0.907 bits per heavy atom. The highest BCUT2D eigenvalue weighted by Gasteiger charge is 2.49. The van der Waals surface area contributed by atoms with Crippen LogP contribution in [0.5, 0.6) is 0 Å². The van der Waals surface area contributed by atoms with Crippen LogP contribution < -0.4 is 11.3 Å². The fourth-order valence-corrected chi connectivity index (χ4v) is 9.65. The summed E-state index contributed by atoms with van der Waals surface area (Å²) in [5.74, 6) is -0.111. The van der Waals surface area contributed by atoms with Crippen molar-refractivity contribution in [2.75, 3.05) is 52.4 Å². The molecule has 4 atom stereocenters.